The number of ether oxygens (including phenoxy) is 1. The van der Waals surface area contributed by atoms with Gasteiger partial charge < -0.3 is 10.1 Å². The van der Waals surface area contributed by atoms with Gasteiger partial charge in [0.05, 0.1) is 6.61 Å². The van der Waals surface area contributed by atoms with Crippen molar-refractivity contribution < 1.29 is 4.74 Å². The summed E-state index contributed by atoms with van der Waals surface area (Å²) in [6, 6.07) is 0.615. The van der Waals surface area contributed by atoms with Crippen molar-refractivity contribution in [1.82, 2.24) is 5.32 Å². The van der Waals surface area contributed by atoms with Gasteiger partial charge in [-0.15, -0.1) is 12.4 Å². The molecule has 0 bridgehead atoms. The normalized spacial score (nSPS) is 27.0. The Morgan fingerprint density at radius 1 is 1.56 bits per heavy atom. The predicted octanol–water partition coefficient (Wildman–Crippen LogP) is 0.807. The Morgan fingerprint density at radius 3 is 2.67 bits per heavy atom. The molecule has 0 aromatic rings. The van der Waals surface area contributed by atoms with Gasteiger partial charge in [-0.2, -0.15) is 0 Å². The zero-order chi connectivity index (χ0) is 5.82. The molecule has 1 rings (SSSR count). The van der Waals surface area contributed by atoms with Crippen LogP contribution in [0.4, 0.5) is 0 Å². The molecule has 1 atom stereocenters. The van der Waals surface area contributed by atoms with Gasteiger partial charge in [-0.3, -0.25) is 0 Å². The summed E-state index contributed by atoms with van der Waals surface area (Å²) in [5.41, 5.74) is 0. The van der Waals surface area contributed by atoms with Gasteiger partial charge in [0.1, 0.15) is 0 Å². The van der Waals surface area contributed by atoms with Crippen molar-refractivity contribution >= 4 is 12.4 Å². The third kappa shape index (κ3) is 3.04. The molecule has 2 nitrogen and oxygen atoms in total. The number of nitrogens with one attached hydrogen (secondary N) is 1. The van der Waals surface area contributed by atoms with Gasteiger partial charge in [0.15, 0.2) is 0 Å². The molecule has 3 heteroatoms. The SMILES string of the molecule is CN[C@@H]1CCCOC1.Cl. The summed E-state index contributed by atoms with van der Waals surface area (Å²) < 4.78 is 5.21. The van der Waals surface area contributed by atoms with Crippen LogP contribution in [0.5, 0.6) is 0 Å². The third-order valence-electron chi connectivity index (χ3n) is 1.57. The molecule has 0 saturated carbocycles. The second-order valence-corrected chi connectivity index (χ2v) is 2.20. The van der Waals surface area contributed by atoms with E-state index in [9.17, 15) is 0 Å². The summed E-state index contributed by atoms with van der Waals surface area (Å²) in [6.45, 7) is 1.86. The molecule has 1 fully saturated rings. The van der Waals surface area contributed by atoms with Crippen molar-refractivity contribution in [2.24, 2.45) is 0 Å². The number of halogens is 1. The van der Waals surface area contributed by atoms with Crippen molar-refractivity contribution in [1.29, 1.82) is 0 Å². The fourth-order valence-corrected chi connectivity index (χ4v) is 0.968. The van der Waals surface area contributed by atoms with E-state index in [1.165, 1.54) is 12.8 Å². The lowest BCUT2D eigenvalue weighted by Crippen LogP contribution is -2.33. The van der Waals surface area contributed by atoms with Gasteiger partial charge in [-0.05, 0) is 19.9 Å². The molecule has 1 N–H and O–H groups in total. The highest BCUT2D eigenvalue weighted by atomic mass is 35.5. The van der Waals surface area contributed by atoms with Gasteiger partial charge in [0.2, 0.25) is 0 Å². The first-order chi connectivity index (χ1) is 3.93. The van der Waals surface area contributed by atoms with Crippen LogP contribution in [0.25, 0.3) is 0 Å². The zero-order valence-corrected chi connectivity index (χ0v) is 6.54. The first-order valence-electron chi connectivity index (χ1n) is 3.18. The largest absolute Gasteiger partial charge is 0.380 e. The molecule has 1 aliphatic heterocycles. The zero-order valence-electron chi connectivity index (χ0n) is 5.72. The summed E-state index contributed by atoms with van der Waals surface area (Å²) in [5, 5.41) is 3.18. The topological polar surface area (TPSA) is 21.3 Å². The van der Waals surface area contributed by atoms with E-state index in [1.54, 1.807) is 0 Å². The average Bonchev–Trinajstić information content (AvgIpc) is 1.90. The minimum absolute atomic E-state index is 0. The first-order valence-corrected chi connectivity index (χ1v) is 3.18. The van der Waals surface area contributed by atoms with E-state index in [0.717, 1.165) is 13.2 Å². The molecular weight excluding hydrogens is 138 g/mol. The second-order valence-electron chi connectivity index (χ2n) is 2.20. The Balaban J connectivity index is 0.000000640. The molecule has 0 aromatic carbocycles. The highest BCUT2D eigenvalue weighted by Crippen LogP contribution is 2.03. The van der Waals surface area contributed by atoms with Crippen molar-refractivity contribution in [3.05, 3.63) is 0 Å². The van der Waals surface area contributed by atoms with E-state index < -0.39 is 0 Å². The second kappa shape index (κ2) is 5.03. The van der Waals surface area contributed by atoms with Gasteiger partial charge >= 0.3 is 0 Å². The first kappa shape index (κ1) is 9.21. The van der Waals surface area contributed by atoms with Crippen LogP contribution >= 0.6 is 12.4 Å². The Bertz CT molecular complexity index is 64.1. The maximum absolute atomic E-state index is 5.21. The van der Waals surface area contributed by atoms with Crippen LogP contribution in [0.15, 0.2) is 0 Å². The summed E-state index contributed by atoms with van der Waals surface area (Å²) in [7, 11) is 1.99. The van der Waals surface area contributed by atoms with E-state index in [2.05, 4.69) is 5.32 Å². The molecule has 0 unspecified atom stereocenters. The lowest BCUT2D eigenvalue weighted by molar-refractivity contribution is 0.0730. The third-order valence-corrected chi connectivity index (χ3v) is 1.57. The Kier molecular flexibility index (Phi) is 5.15. The molecule has 56 valence electrons. The molecule has 0 spiro atoms. The molecule has 0 radical (unpaired) electrons. The van der Waals surface area contributed by atoms with Gasteiger partial charge in [0, 0.05) is 12.6 Å². The van der Waals surface area contributed by atoms with Gasteiger partial charge in [-0.1, -0.05) is 0 Å². The molecule has 1 saturated heterocycles. The van der Waals surface area contributed by atoms with Gasteiger partial charge in [-0.25, -0.2) is 0 Å². The predicted molar refractivity (Wildman–Crippen MR) is 40.1 cm³/mol. The van der Waals surface area contributed by atoms with Crippen molar-refractivity contribution in [2.75, 3.05) is 20.3 Å². The van der Waals surface area contributed by atoms with Crippen molar-refractivity contribution in [3.8, 4) is 0 Å². The lowest BCUT2D eigenvalue weighted by Gasteiger charge is -2.20. The molecular formula is C6H14ClNO. The van der Waals surface area contributed by atoms with E-state index in [0.29, 0.717) is 6.04 Å². The number of rotatable bonds is 1. The van der Waals surface area contributed by atoms with E-state index in [4.69, 9.17) is 4.74 Å². The number of likely N-dealkylation sites (N-methyl/N-ethyl adjacent to an activating group) is 1. The summed E-state index contributed by atoms with van der Waals surface area (Å²) >= 11 is 0. The fraction of sp³-hybridized carbons (Fsp3) is 1.00. The average molecular weight is 152 g/mol. The van der Waals surface area contributed by atoms with Crippen LogP contribution in [-0.2, 0) is 4.74 Å². The Hall–Kier alpha value is 0.210. The summed E-state index contributed by atoms with van der Waals surface area (Å²) in [6.07, 6.45) is 2.49. The minimum Gasteiger partial charge on any atom is -0.380 e. The number of hydrogen-bond donors (Lipinski definition) is 1. The molecule has 0 aromatic heterocycles. The molecule has 0 amide bonds. The fourth-order valence-electron chi connectivity index (χ4n) is 0.968. The maximum Gasteiger partial charge on any atom is 0.0619 e. The summed E-state index contributed by atoms with van der Waals surface area (Å²) in [4.78, 5) is 0. The van der Waals surface area contributed by atoms with Crippen LogP contribution in [-0.4, -0.2) is 26.3 Å². The lowest BCUT2D eigenvalue weighted by atomic mass is 10.1. The molecule has 1 heterocycles. The highest BCUT2D eigenvalue weighted by molar-refractivity contribution is 5.85. The summed E-state index contributed by atoms with van der Waals surface area (Å²) in [5.74, 6) is 0. The van der Waals surface area contributed by atoms with Crippen LogP contribution in [0.1, 0.15) is 12.8 Å². The van der Waals surface area contributed by atoms with Crippen LogP contribution in [0.2, 0.25) is 0 Å². The Labute approximate surface area is 62.4 Å². The van der Waals surface area contributed by atoms with E-state index >= 15 is 0 Å². The molecule has 9 heavy (non-hydrogen) atoms. The smallest absolute Gasteiger partial charge is 0.0619 e. The minimum atomic E-state index is 0. The van der Waals surface area contributed by atoms with Crippen LogP contribution in [0.3, 0.4) is 0 Å². The van der Waals surface area contributed by atoms with Crippen molar-refractivity contribution in [2.45, 2.75) is 18.9 Å². The van der Waals surface area contributed by atoms with E-state index in [1.807, 2.05) is 7.05 Å². The molecule has 1 aliphatic rings. The standard InChI is InChI=1S/C6H13NO.ClH/c1-7-6-3-2-4-8-5-6;/h6-7H,2-5H2,1H3;1H/t6-;/m1./s1. The highest BCUT2D eigenvalue weighted by Gasteiger charge is 2.09. The number of hydrogen-bond acceptors (Lipinski definition) is 2. The van der Waals surface area contributed by atoms with Gasteiger partial charge in [0.25, 0.3) is 0 Å². The van der Waals surface area contributed by atoms with Crippen molar-refractivity contribution in [3.63, 3.8) is 0 Å². The monoisotopic (exact) mass is 151 g/mol. The maximum atomic E-state index is 5.21. The quantitative estimate of drug-likeness (QED) is 0.599. The van der Waals surface area contributed by atoms with E-state index in [-0.39, 0.29) is 12.4 Å². The van der Waals surface area contributed by atoms with Crippen LogP contribution in [0, 0.1) is 0 Å². The molecule has 0 aliphatic carbocycles. The van der Waals surface area contributed by atoms with Crippen LogP contribution < -0.4 is 5.32 Å². The Morgan fingerprint density at radius 2 is 2.33 bits per heavy atom.